The van der Waals surface area contributed by atoms with Gasteiger partial charge < -0.3 is 9.30 Å². The maximum atomic E-state index is 12.6. The zero-order chi connectivity index (χ0) is 19.0. The number of benzene rings is 1. The molecule has 0 saturated carbocycles. The predicted octanol–water partition coefficient (Wildman–Crippen LogP) is 1.80. The summed E-state index contributed by atoms with van der Waals surface area (Å²) >= 11 is 0. The van der Waals surface area contributed by atoms with Crippen LogP contribution in [0.25, 0.3) is 22.3 Å². The van der Waals surface area contributed by atoms with Crippen LogP contribution >= 0.6 is 0 Å². The van der Waals surface area contributed by atoms with Gasteiger partial charge in [-0.3, -0.25) is 9.59 Å². The van der Waals surface area contributed by atoms with Gasteiger partial charge in [-0.05, 0) is 25.8 Å². The maximum Gasteiger partial charge on any atom is 0.308 e. The zero-order valence-electron chi connectivity index (χ0n) is 15.4. The average molecular weight is 367 g/mol. The molecule has 0 aliphatic carbocycles. The molecule has 0 fully saturated rings. The van der Waals surface area contributed by atoms with Crippen LogP contribution in [0.4, 0.5) is 0 Å². The zero-order valence-corrected chi connectivity index (χ0v) is 15.4. The van der Waals surface area contributed by atoms with Crippen LogP contribution in [-0.4, -0.2) is 37.6 Å². The van der Waals surface area contributed by atoms with Crippen LogP contribution in [0.15, 0.2) is 29.1 Å². The second-order valence-electron chi connectivity index (χ2n) is 6.65. The molecule has 140 valence electrons. The standard InChI is InChI=1S/C19H21N5O3/c1-3-24-18(25)14-7-5-4-6-13(14)16(22-24)17-21-20-15-9-8-12(19(26)27-2)10-11-23(15)17/h4-7,12H,3,8-11H2,1-2H3. The molecule has 0 saturated heterocycles. The molecule has 4 rings (SSSR count). The summed E-state index contributed by atoms with van der Waals surface area (Å²) in [7, 11) is 1.42. The summed E-state index contributed by atoms with van der Waals surface area (Å²) in [5.41, 5.74) is 0.528. The van der Waals surface area contributed by atoms with Crippen molar-refractivity contribution in [3.05, 3.63) is 40.4 Å². The van der Waals surface area contributed by atoms with Crippen molar-refractivity contribution >= 4 is 16.7 Å². The Morgan fingerprint density at radius 3 is 2.74 bits per heavy atom. The number of carbonyl (C=O) groups is 1. The van der Waals surface area contributed by atoms with Gasteiger partial charge in [0.05, 0.1) is 18.4 Å². The Morgan fingerprint density at radius 2 is 2.00 bits per heavy atom. The first-order valence-corrected chi connectivity index (χ1v) is 9.14. The van der Waals surface area contributed by atoms with Crippen molar-refractivity contribution in [1.82, 2.24) is 24.5 Å². The largest absolute Gasteiger partial charge is 0.469 e. The lowest BCUT2D eigenvalue weighted by molar-refractivity contribution is -0.145. The van der Waals surface area contributed by atoms with E-state index >= 15 is 0 Å². The molecule has 0 amide bonds. The van der Waals surface area contributed by atoms with Gasteiger partial charge in [-0.1, -0.05) is 18.2 Å². The van der Waals surface area contributed by atoms with Gasteiger partial charge in [-0.25, -0.2) is 4.68 Å². The third-order valence-electron chi connectivity index (χ3n) is 5.16. The lowest BCUT2D eigenvalue weighted by atomic mass is 10.0. The van der Waals surface area contributed by atoms with Crippen molar-refractivity contribution in [2.45, 2.75) is 39.3 Å². The number of ether oxygens (including phenoxy) is 1. The number of hydrogen-bond donors (Lipinski definition) is 0. The first-order valence-electron chi connectivity index (χ1n) is 9.14. The van der Waals surface area contributed by atoms with E-state index in [9.17, 15) is 9.59 Å². The Balaban J connectivity index is 1.84. The molecule has 0 spiro atoms. The Bertz CT molecular complexity index is 1070. The molecule has 1 aromatic carbocycles. The van der Waals surface area contributed by atoms with Gasteiger partial charge in [0.2, 0.25) is 0 Å². The number of methoxy groups -OCH3 is 1. The highest BCUT2D eigenvalue weighted by Crippen LogP contribution is 2.28. The molecule has 3 aromatic rings. The number of carbonyl (C=O) groups excluding carboxylic acids is 1. The van der Waals surface area contributed by atoms with Crippen molar-refractivity contribution in [2.24, 2.45) is 5.92 Å². The first kappa shape index (κ1) is 17.4. The SMILES string of the molecule is CCn1nc(-c2nnc3n2CCC(C(=O)OC)CC3)c2ccccc2c1=O. The highest BCUT2D eigenvalue weighted by atomic mass is 16.5. The van der Waals surface area contributed by atoms with E-state index in [0.717, 1.165) is 11.2 Å². The fraction of sp³-hybridized carbons (Fsp3) is 0.421. The smallest absolute Gasteiger partial charge is 0.308 e. The summed E-state index contributed by atoms with van der Waals surface area (Å²) < 4.78 is 8.37. The van der Waals surface area contributed by atoms with E-state index in [1.54, 1.807) is 0 Å². The van der Waals surface area contributed by atoms with Crippen LogP contribution in [0.3, 0.4) is 0 Å². The molecule has 1 aliphatic rings. The minimum Gasteiger partial charge on any atom is -0.469 e. The summed E-state index contributed by atoms with van der Waals surface area (Å²) in [5, 5.41) is 14.6. The van der Waals surface area contributed by atoms with Crippen LogP contribution in [-0.2, 0) is 29.0 Å². The Morgan fingerprint density at radius 1 is 1.22 bits per heavy atom. The van der Waals surface area contributed by atoms with Crippen LogP contribution in [0.1, 0.15) is 25.6 Å². The lowest BCUT2D eigenvalue weighted by Crippen LogP contribution is -2.23. The second kappa shape index (κ2) is 6.94. The van der Waals surface area contributed by atoms with Crippen molar-refractivity contribution in [1.29, 1.82) is 0 Å². The quantitative estimate of drug-likeness (QED) is 0.656. The molecule has 0 radical (unpaired) electrons. The van der Waals surface area contributed by atoms with Gasteiger partial charge in [0.1, 0.15) is 11.5 Å². The van der Waals surface area contributed by atoms with E-state index in [4.69, 9.17) is 4.74 Å². The van der Waals surface area contributed by atoms with Crippen molar-refractivity contribution in [3.8, 4) is 11.5 Å². The Kier molecular flexibility index (Phi) is 4.47. The fourth-order valence-electron chi connectivity index (χ4n) is 3.68. The molecule has 2 aromatic heterocycles. The highest BCUT2D eigenvalue weighted by Gasteiger charge is 2.27. The third-order valence-corrected chi connectivity index (χ3v) is 5.16. The molecular weight excluding hydrogens is 346 g/mol. The van der Waals surface area contributed by atoms with Gasteiger partial charge >= 0.3 is 5.97 Å². The molecule has 3 heterocycles. The van der Waals surface area contributed by atoms with Crippen LogP contribution in [0.2, 0.25) is 0 Å². The van der Waals surface area contributed by atoms with Crippen LogP contribution < -0.4 is 5.56 Å². The monoisotopic (exact) mass is 367 g/mol. The number of hydrogen-bond acceptors (Lipinski definition) is 6. The van der Waals surface area contributed by atoms with E-state index < -0.39 is 0 Å². The fourth-order valence-corrected chi connectivity index (χ4v) is 3.68. The number of fused-ring (bicyclic) bond motifs is 2. The number of rotatable bonds is 3. The molecule has 1 unspecified atom stereocenters. The van der Waals surface area contributed by atoms with Gasteiger partial charge in [-0.15, -0.1) is 10.2 Å². The molecule has 0 bridgehead atoms. The molecule has 27 heavy (non-hydrogen) atoms. The maximum absolute atomic E-state index is 12.6. The van der Waals surface area contributed by atoms with Crippen LogP contribution in [0.5, 0.6) is 0 Å². The van der Waals surface area contributed by atoms with Crippen LogP contribution in [0, 0.1) is 5.92 Å². The van der Waals surface area contributed by atoms with E-state index in [1.807, 2.05) is 35.8 Å². The van der Waals surface area contributed by atoms with Crippen molar-refractivity contribution in [2.75, 3.05) is 7.11 Å². The molecule has 1 atom stereocenters. The summed E-state index contributed by atoms with van der Waals surface area (Å²) in [6.45, 7) is 2.97. The summed E-state index contributed by atoms with van der Waals surface area (Å²) in [5.74, 6) is 1.14. The highest BCUT2D eigenvalue weighted by molar-refractivity contribution is 5.92. The minimum atomic E-state index is -0.182. The summed E-state index contributed by atoms with van der Waals surface area (Å²) in [4.78, 5) is 24.5. The predicted molar refractivity (Wildman–Crippen MR) is 99.1 cm³/mol. The van der Waals surface area contributed by atoms with E-state index in [2.05, 4.69) is 15.3 Å². The summed E-state index contributed by atoms with van der Waals surface area (Å²) in [6.07, 6.45) is 2.00. The number of aromatic nitrogens is 5. The summed E-state index contributed by atoms with van der Waals surface area (Å²) in [6, 6.07) is 7.42. The van der Waals surface area contributed by atoms with Gasteiger partial charge in [0.15, 0.2) is 5.82 Å². The van der Waals surface area contributed by atoms with Gasteiger partial charge in [0, 0.05) is 24.9 Å². The number of aryl methyl sites for hydroxylation is 2. The number of esters is 1. The van der Waals surface area contributed by atoms with Crippen molar-refractivity contribution in [3.63, 3.8) is 0 Å². The van der Waals surface area contributed by atoms with E-state index in [1.165, 1.54) is 11.8 Å². The number of nitrogens with zero attached hydrogens (tertiary/aromatic N) is 5. The average Bonchev–Trinajstić information content (AvgIpc) is 2.98. The van der Waals surface area contributed by atoms with E-state index in [0.29, 0.717) is 49.3 Å². The topological polar surface area (TPSA) is 91.9 Å². The molecule has 8 heteroatoms. The van der Waals surface area contributed by atoms with Gasteiger partial charge in [0.25, 0.3) is 5.56 Å². The van der Waals surface area contributed by atoms with E-state index in [-0.39, 0.29) is 17.4 Å². The normalized spacial score (nSPS) is 16.7. The Hall–Kier alpha value is -3.03. The molecule has 0 N–H and O–H groups in total. The first-order chi connectivity index (χ1) is 13.1. The minimum absolute atomic E-state index is 0.113. The molecule has 8 nitrogen and oxygen atoms in total. The second-order valence-corrected chi connectivity index (χ2v) is 6.65. The molecule has 1 aliphatic heterocycles. The Labute approximate surface area is 155 Å². The molecular formula is C19H21N5O3. The van der Waals surface area contributed by atoms with Gasteiger partial charge in [-0.2, -0.15) is 5.10 Å². The lowest BCUT2D eigenvalue weighted by Gasteiger charge is -2.12. The third kappa shape index (κ3) is 2.90. The van der Waals surface area contributed by atoms with Crippen molar-refractivity contribution < 1.29 is 9.53 Å².